The van der Waals surface area contributed by atoms with E-state index in [1.807, 2.05) is 6.92 Å². The molecule has 2 aromatic rings. The summed E-state index contributed by atoms with van der Waals surface area (Å²) in [7, 11) is 0. The Bertz CT molecular complexity index is 675. The highest BCUT2D eigenvalue weighted by Crippen LogP contribution is 2.39. The Balaban J connectivity index is 1.75. The highest BCUT2D eigenvalue weighted by Gasteiger charge is 2.42. The molecule has 3 rings (SSSR count). The first-order valence-electron chi connectivity index (χ1n) is 7.31. The highest BCUT2D eigenvalue weighted by molar-refractivity contribution is 5.92. The molecule has 0 saturated heterocycles. The van der Waals surface area contributed by atoms with E-state index in [1.54, 1.807) is 24.3 Å². The third kappa shape index (κ3) is 2.90. The van der Waals surface area contributed by atoms with Gasteiger partial charge in [-0.3, -0.25) is 4.79 Å². The lowest BCUT2D eigenvalue weighted by atomic mass is 9.97. The van der Waals surface area contributed by atoms with Gasteiger partial charge in [-0.15, -0.1) is 0 Å². The molecule has 1 aromatic carbocycles. The normalized spacial score (nSPS) is 17.0. The summed E-state index contributed by atoms with van der Waals surface area (Å²) >= 11 is 0. The minimum atomic E-state index is -0.611. The van der Waals surface area contributed by atoms with Gasteiger partial charge in [-0.2, -0.15) is 0 Å². The summed E-state index contributed by atoms with van der Waals surface area (Å²) in [6.45, 7) is 1.74. The molecular weight excluding hydrogens is 285 g/mol. The quantitative estimate of drug-likeness (QED) is 0.892. The van der Waals surface area contributed by atoms with E-state index in [0.29, 0.717) is 17.2 Å². The number of hydrogen-bond donors (Lipinski definition) is 2. The summed E-state index contributed by atoms with van der Waals surface area (Å²) in [6.07, 6.45) is 2.02. The van der Waals surface area contributed by atoms with Crippen LogP contribution < -0.4 is 5.32 Å². The molecule has 1 fully saturated rings. The van der Waals surface area contributed by atoms with Gasteiger partial charge in [0.15, 0.2) is 5.76 Å². The van der Waals surface area contributed by atoms with E-state index in [2.05, 4.69) is 5.32 Å². The maximum atomic E-state index is 12.9. The summed E-state index contributed by atoms with van der Waals surface area (Å²) in [5.74, 6) is 0.322. The lowest BCUT2D eigenvalue weighted by Crippen LogP contribution is -2.50. The van der Waals surface area contributed by atoms with Gasteiger partial charge in [-0.1, -0.05) is 0 Å². The smallest absolute Gasteiger partial charge is 0.287 e. The van der Waals surface area contributed by atoms with Gasteiger partial charge in [-0.05, 0) is 62.1 Å². The van der Waals surface area contributed by atoms with E-state index in [0.717, 1.165) is 12.8 Å². The zero-order valence-corrected chi connectivity index (χ0v) is 12.3. The minimum absolute atomic E-state index is 0.102. The van der Waals surface area contributed by atoms with Crippen molar-refractivity contribution in [2.24, 2.45) is 5.92 Å². The third-order valence-corrected chi connectivity index (χ3v) is 4.16. The van der Waals surface area contributed by atoms with Crippen molar-refractivity contribution >= 4 is 5.91 Å². The molecule has 2 N–H and O–H groups in total. The lowest BCUT2D eigenvalue weighted by Gasteiger charge is -2.28. The molecule has 1 aliphatic rings. The third-order valence-electron chi connectivity index (χ3n) is 4.16. The van der Waals surface area contributed by atoms with Crippen molar-refractivity contribution in [3.63, 3.8) is 0 Å². The van der Waals surface area contributed by atoms with Crippen molar-refractivity contribution in [2.45, 2.75) is 25.3 Å². The number of carbonyl (C=O) groups excluding carboxylic acids is 1. The number of benzene rings is 1. The maximum absolute atomic E-state index is 12.9. The number of nitrogens with one attached hydrogen (secondary N) is 1. The van der Waals surface area contributed by atoms with Gasteiger partial charge in [0, 0.05) is 5.56 Å². The molecule has 0 radical (unpaired) electrons. The van der Waals surface area contributed by atoms with Crippen molar-refractivity contribution in [2.75, 3.05) is 6.61 Å². The summed E-state index contributed by atoms with van der Waals surface area (Å²) in [4.78, 5) is 12.3. The van der Waals surface area contributed by atoms with Gasteiger partial charge in [0.25, 0.3) is 5.91 Å². The predicted molar refractivity (Wildman–Crippen MR) is 79.8 cm³/mol. The summed E-state index contributed by atoms with van der Waals surface area (Å²) in [6, 6.07) is 9.13. The zero-order valence-electron chi connectivity index (χ0n) is 12.3. The molecule has 5 heteroatoms. The van der Waals surface area contributed by atoms with Crippen LogP contribution in [0.1, 0.15) is 30.3 Å². The predicted octanol–water partition coefficient (Wildman–Crippen LogP) is 2.98. The van der Waals surface area contributed by atoms with Gasteiger partial charge in [0.1, 0.15) is 11.6 Å². The Morgan fingerprint density at radius 2 is 2.00 bits per heavy atom. The second-order valence-corrected chi connectivity index (χ2v) is 5.97. The van der Waals surface area contributed by atoms with Crippen LogP contribution in [0.25, 0.3) is 11.3 Å². The standard InChI is InChI=1S/C17H18FNO3/c1-17(10-20,12-4-5-12)19-16(21)15-9-8-14(22-15)11-2-6-13(18)7-3-11/h2-3,6-9,12,20H,4-5,10H2,1H3,(H,19,21). The number of furan rings is 1. The van der Waals surface area contributed by atoms with Gasteiger partial charge in [-0.25, -0.2) is 4.39 Å². The van der Waals surface area contributed by atoms with Gasteiger partial charge < -0.3 is 14.8 Å². The van der Waals surface area contributed by atoms with Gasteiger partial charge in [0.05, 0.1) is 12.1 Å². The number of aliphatic hydroxyl groups excluding tert-OH is 1. The molecule has 1 atom stereocenters. The molecule has 1 aliphatic carbocycles. The van der Waals surface area contributed by atoms with E-state index < -0.39 is 5.54 Å². The molecule has 22 heavy (non-hydrogen) atoms. The largest absolute Gasteiger partial charge is 0.451 e. The van der Waals surface area contributed by atoms with Gasteiger partial charge in [0.2, 0.25) is 0 Å². The van der Waals surface area contributed by atoms with Crippen LogP contribution in [0.15, 0.2) is 40.8 Å². The van der Waals surface area contributed by atoms with Crippen LogP contribution in [-0.2, 0) is 0 Å². The topological polar surface area (TPSA) is 62.5 Å². The van der Waals surface area contributed by atoms with Crippen LogP contribution in [0, 0.1) is 11.7 Å². The van der Waals surface area contributed by atoms with Crippen LogP contribution >= 0.6 is 0 Å². The molecule has 0 bridgehead atoms. The second kappa shape index (κ2) is 5.57. The van der Waals surface area contributed by atoms with E-state index >= 15 is 0 Å². The fourth-order valence-corrected chi connectivity index (χ4v) is 2.54. The van der Waals surface area contributed by atoms with Crippen LogP contribution in [0.4, 0.5) is 4.39 Å². The van der Waals surface area contributed by atoms with Crippen LogP contribution in [0.2, 0.25) is 0 Å². The molecule has 0 aliphatic heterocycles. The monoisotopic (exact) mass is 303 g/mol. The summed E-state index contributed by atoms with van der Waals surface area (Å²) < 4.78 is 18.5. The molecule has 4 nitrogen and oxygen atoms in total. The SMILES string of the molecule is CC(CO)(NC(=O)c1ccc(-c2ccc(F)cc2)o1)C1CC1. The molecule has 0 spiro atoms. The number of carbonyl (C=O) groups is 1. The second-order valence-electron chi connectivity index (χ2n) is 5.97. The molecule has 116 valence electrons. The van der Waals surface area contributed by atoms with Crippen molar-refractivity contribution < 1.29 is 18.7 Å². The Morgan fingerprint density at radius 3 is 2.59 bits per heavy atom. The summed E-state index contributed by atoms with van der Waals surface area (Å²) in [5.41, 5.74) is 0.0902. The molecule has 1 aromatic heterocycles. The van der Waals surface area contributed by atoms with Crippen LogP contribution in [-0.4, -0.2) is 23.2 Å². The molecule has 1 amide bonds. The van der Waals surface area contributed by atoms with Crippen molar-refractivity contribution in [3.05, 3.63) is 48.0 Å². The Labute approximate surface area is 128 Å². The van der Waals surface area contributed by atoms with Crippen LogP contribution in [0.3, 0.4) is 0 Å². The van der Waals surface area contributed by atoms with Crippen LogP contribution in [0.5, 0.6) is 0 Å². The molecule has 1 heterocycles. The fraction of sp³-hybridized carbons (Fsp3) is 0.353. The zero-order chi connectivity index (χ0) is 15.7. The lowest BCUT2D eigenvalue weighted by molar-refractivity contribution is 0.0798. The van der Waals surface area contributed by atoms with E-state index in [1.165, 1.54) is 12.1 Å². The Morgan fingerprint density at radius 1 is 1.32 bits per heavy atom. The van der Waals surface area contributed by atoms with Crippen molar-refractivity contribution in [3.8, 4) is 11.3 Å². The Hall–Kier alpha value is -2.14. The number of amides is 1. The van der Waals surface area contributed by atoms with Crippen molar-refractivity contribution in [1.82, 2.24) is 5.32 Å². The fourth-order valence-electron chi connectivity index (χ4n) is 2.54. The molecule has 1 unspecified atom stereocenters. The minimum Gasteiger partial charge on any atom is -0.451 e. The Kier molecular flexibility index (Phi) is 3.74. The number of hydrogen-bond acceptors (Lipinski definition) is 3. The number of aliphatic hydroxyl groups is 1. The van der Waals surface area contributed by atoms with Crippen molar-refractivity contribution in [1.29, 1.82) is 0 Å². The first kappa shape index (κ1) is 14.8. The average Bonchev–Trinajstić information content (AvgIpc) is 3.26. The average molecular weight is 303 g/mol. The van der Waals surface area contributed by atoms with Gasteiger partial charge >= 0.3 is 0 Å². The first-order chi connectivity index (χ1) is 10.5. The highest BCUT2D eigenvalue weighted by atomic mass is 19.1. The molecular formula is C17H18FNO3. The van der Waals surface area contributed by atoms with E-state index in [-0.39, 0.29) is 24.1 Å². The van der Waals surface area contributed by atoms with E-state index in [9.17, 15) is 14.3 Å². The number of rotatable bonds is 5. The van der Waals surface area contributed by atoms with E-state index in [4.69, 9.17) is 4.42 Å². The number of halogens is 1. The maximum Gasteiger partial charge on any atom is 0.287 e. The molecule has 1 saturated carbocycles. The summed E-state index contributed by atoms with van der Waals surface area (Å²) in [5, 5.41) is 12.4. The first-order valence-corrected chi connectivity index (χ1v) is 7.31.